The molecule has 0 bridgehead atoms. The van der Waals surface area contributed by atoms with Gasteiger partial charge in [-0.05, 0) is 12.8 Å². The number of unbranched alkanes of at least 4 members (excludes halogenated alkanes) is 1. The van der Waals surface area contributed by atoms with Gasteiger partial charge in [0.05, 0.1) is 17.8 Å². The first-order valence-corrected chi connectivity index (χ1v) is 9.41. The maximum Gasteiger partial charge on any atom is 0.315 e. The summed E-state index contributed by atoms with van der Waals surface area (Å²) in [6, 6.07) is 0.391. The van der Waals surface area contributed by atoms with E-state index in [9.17, 15) is 13.8 Å². The average Bonchev–Trinajstić information content (AvgIpc) is 2.94. The van der Waals surface area contributed by atoms with Gasteiger partial charge in [0.2, 0.25) is 5.91 Å². The topological polar surface area (TPSA) is 108 Å². The zero-order valence-corrected chi connectivity index (χ0v) is 13.3. The zero-order chi connectivity index (χ0) is 15.2. The molecule has 2 heterocycles. The maximum absolute atomic E-state index is 11.5. The molecule has 0 saturated carbocycles. The van der Waals surface area contributed by atoms with Gasteiger partial charge in [-0.2, -0.15) is 11.8 Å². The molecule has 2 aliphatic heterocycles. The van der Waals surface area contributed by atoms with E-state index < -0.39 is 11.1 Å². The first-order valence-electron chi connectivity index (χ1n) is 7.09. The molecule has 2 aliphatic rings. The van der Waals surface area contributed by atoms with Crippen molar-refractivity contribution >= 4 is 34.8 Å². The second kappa shape index (κ2) is 8.00. The predicted molar refractivity (Wildman–Crippen MR) is 82.6 cm³/mol. The van der Waals surface area contributed by atoms with E-state index in [1.807, 2.05) is 11.8 Å². The molecule has 2 fully saturated rings. The van der Waals surface area contributed by atoms with Gasteiger partial charge in [-0.1, -0.05) is 6.42 Å². The molecule has 1 unspecified atom stereocenters. The van der Waals surface area contributed by atoms with Crippen LogP contribution in [0, 0.1) is 0 Å². The van der Waals surface area contributed by atoms with Crippen LogP contribution in [0.15, 0.2) is 0 Å². The van der Waals surface area contributed by atoms with Gasteiger partial charge in [0.1, 0.15) is 0 Å². The van der Waals surface area contributed by atoms with E-state index in [1.165, 1.54) is 0 Å². The first-order chi connectivity index (χ1) is 10.1. The molecule has 3 amide bonds. The minimum atomic E-state index is -1.85. The molecule has 0 aromatic rings. The number of rotatable bonds is 8. The van der Waals surface area contributed by atoms with E-state index in [1.54, 1.807) is 0 Å². The van der Waals surface area contributed by atoms with Gasteiger partial charge in [-0.25, -0.2) is 9.00 Å². The van der Waals surface area contributed by atoms with Crippen molar-refractivity contribution in [3.8, 4) is 0 Å². The Kier molecular flexibility index (Phi) is 6.31. The molecule has 0 aromatic carbocycles. The number of urea groups is 1. The lowest BCUT2D eigenvalue weighted by Crippen LogP contribution is -2.36. The fourth-order valence-corrected chi connectivity index (χ4v) is 4.46. The van der Waals surface area contributed by atoms with Gasteiger partial charge in [0, 0.05) is 24.0 Å². The molecular weight excluding hydrogens is 314 g/mol. The fourth-order valence-electron chi connectivity index (χ4n) is 2.64. The van der Waals surface area contributed by atoms with Crippen LogP contribution in [0.5, 0.6) is 0 Å². The Morgan fingerprint density at radius 2 is 2.24 bits per heavy atom. The van der Waals surface area contributed by atoms with Gasteiger partial charge in [0.25, 0.3) is 0 Å². The third-order valence-electron chi connectivity index (χ3n) is 3.68. The smallest absolute Gasteiger partial charge is 0.315 e. The highest BCUT2D eigenvalue weighted by molar-refractivity contribution is 8.00. The largest absolute Gasteiger partial charge is 0.355 e. The summed E-state index contributed by atoms with van der Waals surface area (Å²) in [5.41, 5.74) is 0. The predicted octanol–water partition coefficient (Wildman–Crippen LogP) is 0.0501. The van der Waals surface area contributed by atoms with Crippen LogP contribution in [0.4, 0.5) is 4.79 Å². The summed E-state index contributed by atoms with van der Waals surface area (Å²) >= 11 is 0.0184. The van der Waals surface area contributed by atoms with Crippen LogP contribution in [0.25, 0.3) is 0 Å². The van der Waals surface area contributed by atoms with E-state index in [0.29, 0.717) is 11.7 Å². The lowest BCUT2D eigenvalue weighted by atomic mass is 10.0. The summed E-state index contributed by atoms with van der Waals surface area (Å²) in [7, 11) is 0. The molecule has 120 valence electrons. The van der Waals surface area contributed by atoms with Crippen molar-refractivity contribution in [1.82, 2.24) is 16.0 Å². The van der Waals surface area contributed by atoms with Crippen molar-refractivity contribution in [2.45, 2.75) is 43.0 Å². The number of fused-ring (bicyclic) bond motifs is 1. The van der Waals surface area contributed by atoms with Crippen LogP contribution in [-0.2, 0) is 15.9 Å². The third-order valence-corrected chi connectivity index (χ3v) is 5.74. The Labute approximate surface area is 130 Å². The van der Waals surface area contributed by atoms with Crippen LogP contribution < -0.4 is 16.0 Å². The Balaban J connectivity index is 1.55. The molecule has 0 spiro atoms. The quantitative estimate of drug-likeness (QED) is 0.285. The summed E-state index contributed by atoms with van der Waals surface area (Å²) in [4.78, 5) is 22.7. The summed E-state index contributed by atoms with van der Waals surface area (Å²) in [6.45, 7) is 0.238. The number of thioether (sulfide) groups is 1. The SMILES string of the molecule is O=C(CCCC[C@@H]1SC[C@@H]2NC(=O)N[C@@H]21)NCCS(=O)O. The standard InChI is InChI=1S/C12H21N3O4S2/c16-10(13-5-6-21(18)19)4-2-1-3-9-11-8(7-20-9)14-12(17)15-11/h8-9,11H,1-7H2,(H,13,16)(H,18,19)(H2,14,15,17)/t8-,9-,11-/m0/s1. The Bertz CT molecular complexity index is 421. The van der Waals surface area contributed by atoms with Gasteiger partial charge in [-0.3, -0.25) is 4.79 Å². The molecule has 0 aromatic heterocycles. The van der Waals surface area contributed by atoms with Crippen molar-refractivity contribution < 1.29 is 18.4 Å². The van der Waals surface area contributed by atoms with Crippen LogP contribution in [0.3, 0.4) is 0 Å². The van der Waals surface area contributed by atoms with E-state index in [-0.39, 0.29) is 36.3 Å². The van der Waals surface area contributed by atoms with E-state index in [4.69, 9.17) is 4.55 Å². The normalized spacial score (nSPS) is 28.6. The van der Waals surface area contributed by atoms with Crippen molar-refractivity contribution in [2.24, 2.45) is 0 Å². The molecule has 0 radical (unpaired) electrons. The monoisotopic (exact) mass is 335 g/mol. The molecule has 0 aliphatic carbocycles. The van der Waals surface area contributed by atoms with Crippen LogP contribution in [0.2, 0.25) is 0 Å². The number of hydrogen-bond acceptors (Lipinski definition) is 4. The van der Waals surface area contributed by atoms with Crippen molar-refractivity contribution in [2.75, 3.05) is 18.1 Å². The van der Waals surface area contributed by atoms with Gasteiger partial charge >= 0.3 is 6.03 Å². The summed E-state index contributed by atoms with van der Waals surface area (Å²) in [6.07, 6.45) is 3.16. The Morgan fingerprint density at radius 1 is 1.43 bits per heavy atom. The van der Waals surface area contributed by atoms with Gasteiger partial charge in [0.15, 0.2) is 11.1 Å². The van der Waals surface area contributed by atoms with E-state index in [0.717, 1.165) is 25.0 Å². The number of carbonyl (C=O) groups excluding carboxylic acids is 2. The van der Waals surface area contributed by atoms with Gasteiger partial charge < -0.3 is 20.5 Å². The Morgan fingerprint density at radius 3 is 3.00 bits per heavy atom. The highest BCUT2D eigenvalue weighted by Crippen LogP contribution is 2.33. The summed E-state index contributed by atoms with van der Waals surface area (Å²) in [5.74, 6) is 0.945. The maximum atomic E-state index is 11.5. The highest BCUT2D eigenvalue weighted by atomic mass is 32.2. The minimum absolute atomic E-state index is 0.0697. The fraction of sp³-hybridized carbons (Fsp3) is 0.833. The molecule has 21 heavy (non-hydrogen) atoms. The molecule has 9 heteroatoms. The van der Waals surface area contributed by atoms with E-state index in [2.05, 4.69) is 16.0 Å². The number of hydrogen-bond donors (Lipinski definition) is 4. The summed E-state index contributed by atoms with van der Waals surface area (Å²) < 4.78 is 19.0. The van der Waals surface area contributed by atoms with Crippen LogP contribution in [-0.4, -0.2) is 56.1 Å². The zero-order valence-electron chi connectivity index (χ0n) is 11.7. The molecule has 7 nitrogen and oxygen atoms in total. The molecule has 2 rings (SSSR count). The third kappa shape index (κ3) is 5.15. The highest BCUT2D eigenvalue weighted by Gasteiger charge is 2.42. The Hall–Kier alpha value is -0.800. The molecule has 2 saturated heterocycles. The minimum Gasteiger partial charge on any atom is -0.355 e. The molecule has 4 atom stereocenters. The van der Waals surface area contributed by atoms with Crippen molar-refractivity contribution in [3.05, 3.63) is 0 Å². The molecular formula is C12H21N3O4S2. The van der Waals surface area contributed by atoms with Gasteiger partial charge in [-0.15, -0.1) is 0 Å². The molecule has 4 N–H and O–H groups in total. The van der Waals surface area contributed by atoms with E-state index >= 15 is 0 Å². The first kappa shape index (κ1) is 16.6. The average molecular weight is 335 g/mol. The van der Waals surface area contributed by atoms with Crippen LogP contribution >= 0.6 is 11.8 Å². The second-order valence-corrected chi connectivity index (χ2v) is 7.57. The number of amides is 3. The number of nitrogens with one attached hydrogen (secondary N) is 3. The van der Waals surface area contributed by atoms with Crippen molar-refractivity contribution in [1.29, 1.82) is 0 Å². The van der Waals surface area contributed by atoms with Crippen molar-refractivity contribution in [3.63, 3.8) is 0 Å². The summed E-state index contributed by atoms with van der Waals surface area (Å²) in [5, 5.41) is 8.90. The lowest BCUT2D eigenvalue weighted by Gasteiger charge is -2.16. The number of carbonyl (C=O) groups is 2. The van der Waals surface area contributed by atoms with Crippen LogP contribution in [0.1, 0.15) is 25.7 Å². The second-order valence-electron chi connectivity index (χ2n) is 5.24. The lowest BCUT2D eigenvalue weighted by molar-refractivity contribution is -0.121.